The van der Waals surface area contributed by atoms with Crippen LogP contribution in [-0.4, -0.2) is 12.2 Å². The van der Waals surface area contributed by atoms with Gasteiger partial charge in [-0.1, -0.05) is 60.7 Å². The number of nitrogens with zero attached hydrogens (tertiary/aromatic N) is 4. The molecule has 0 N–H and O–H groups in total. The third-order valence-corrected chi connectivity index (χ3v) is 3.61. The first kappa shape index (κ1) is 17.2. The van der Waals surface area contributed by atoms with E-state index in [1.807, 2.05) is 36.4 Å². The zero-order valence-electron chi connectivity index (χ0n) is 13.4. The average molecular weight is 320 g/mol. The molecule has 0 saturated heterocycles. The van der Waals surface area contributed by atoms with Gasteiger partial charge in [0.25, 0.3) is 0 Å². The summed E-state index contributed by atoms with van der Waals surface area (Å²) in [6.45, 7) is 3.26. The van der Waals surface area contributed by atoms with Crippen LogP contribution in [0.25, 0.3) is 0 Å². The maximum atomic E-state index is 10.8. The standard InChI is InChI=1S/C18H16N4O2/c1-17(19-13-23,15-9-5-3-6-10-15)21-22-18(2,20-14-24)16-11-7-4-8-12-16/h3-12H,1-2H3. The lowest BCUT2D eigenvalue weighted by atomic mass is 10.0. The number of aliphatic imine (C=N–C) groups is 2. The summed E-state index contributed by atoms with van der Waals surface area (Å²) in [4.78, 5) is 29.2. The van der Waals surface area contributed by atoms with Crippen molar-refractivity contribution in [3.63, 3.8) is 0 Å². The van der Waals surface area contributed by atoms with Crippen molar-refractivity contribution in [1.29, 1.82) is 0 Å². The van der Waals surface area contributed by atoms with E-state index in [9.17, 15) is 9.59 Å². The molecule has 0 aliphatic rings. The first-order chi connectivity index (χ1) is 11.5. The summed E-state index contributed by atoms with van der Waals surface area (Å²) in [5.41, 5.74) is -1.17. The number of hydrogen-bond acceptors (Lipinski definition) is 6. The van der Waals surface area contributed by atoms with Crippen LogP contribution in [0.5, 0.6) is 0 Å². The number of isocyanates is 2. The Balaban J connectivity index is 2.50. The molecule has 0 heterocycles. The van der Waals surface area contributed by atoms with Gasteiger partial charge in [0.1, 0.15) is 0 Å². The van der Waals surface area contributed by atoms with E-state index in [0.717, 1.165) is 0 Å². The van der Waals surface area contributed by atoms with Crippen molar-refractivity contribution in [2.75, 3.05) is 0 Å². The van der Waals surface area contributed by atoms with E-state index in [1.165, 1.54) is 12.2 Å². The Kier molecular flexibility index (Phi) is 5.27. The van der Waals surface area contributed by atoms with Gasteiger partial charge >= 0.3 is 0 Å². The van der Waals surface area contributed by atoms with Gasteiger partial charge in [0.15, 0.2) is 0 Å². The number of carbonyl (C=O) groups excluding carboxylic acids is 2. The molecule has 2 aromatic carbocycles. The summed E-state index contributed by atoms with van der Waals surface area (Å²) in [5, 5.41) is 8.41. The van der Waals surface area contributed by atoms with E-state index < -0.39 is 11.3 Å². The first-order valence-electron chi connectivity index (χ1n) is 7.27. The van der Waals surface area contributed by atoms with E-state index in [0.29, 0.717) is 11.1 Å². The second-order valence-corrected chi connectivity index (χ2v) is 5.38. The number of hydrogen-bond donors (Lipinski definition) is 0. The second-order valence-electron chi connectivity index (χ2n) is 5.38. The predicted molar refractivity (Wildman–Crippen MR) is 88.7 cm³/mol. The van der Waals surface area contributed by atoms with Crippen LogP contribution in [0.4, 0.5) is 0 Å². The monoisotopic (exact) mass is 320 g/mol. The molecule has 0 radical (unpaired) electrons. The highest BCUT2D eigenvalue weighted by atomic mass is 16.1. The highest BCUT2D eigenvalue weighted by Crippen LogP contribution is 2.32. The van der Waals surface area contributed by atoms with E-state index in [2.05, 4.69) is 20.2 Å². The number of azo groups is 1. The fourth-order valence-electron chi connectivity index (χ4n) is 2.17. The Labute approximate surface area is 139 Å². The molecule has 0 aliphatic carbocycles. The van der Waals surface area contributed by atoms with Crippen molar-refractivity contribution in [2.24, 2.45) is 20.2 Å². The normalized spacial score (nSPS) is 15.6. The Morgan fingerprint density at radius 2 is 1.00 bits per heavy atom. The van der Waals surface area contributed by atoms with Gasteiger partial charge in [-0.3, -0.25) is 0 Å². The van der Waals surface area contributed by atoms with Gasteiger partial charge in [0.05, 0.1) is 0 Å². The Morgan fingerprint density at radius 3 is 1.29 bits per heavy atom. The molecule has 2 rings (SSSR count). The quantitative estimate of drug-likeness (QED) is 0.460. The van der Waals surface area contributed by atoms with Crippen LogP contribution in [-0.2, 0) is 20.9 Å². The lowest BCUT2D eigenvalue weighted by molar-refractivity contribution is 0.410. The summed E-state index contributed by atoms with van der Waals surface area (Å²) >= 11 is 0. The second kappa shape index (κ2) is 7.38. The topological polar surface area (TPSA) is 83.6 Å². The maximum absolute atomic E-state index is 10.8. The molecule has 0 spiro atoms. The summed E-state index contributed by atoms with van der Waals surface area (Å²) in [5.74, 6) is 0. The van der Waals surface area contributed by atoms with Crippen LogP contribution in [0.1, 0.15) is 25.0 Å². The van der Waals surface area contributed by atoms with Gasteiger partial charge in [-0.2, -0.15) is 20.2 Å². The molecule has 24 heavy (non-hydrogen) atoms. The van der Waals surface area contributed by atoms with Gasteiger partial charge < -0.3 is 0 Å². The molecule has 0 bridgehead atoms. The zero-order valence-corrected chi connectivity index (χ0v) is 13.4. The fourth-order valence-corrected chi connectivity index (χ4v) is 2.17. The molecule has 0 amide bonds. The highest BCUT2D eigenvalue weighted by Gasteiger charge is 2.30. The van der Waals surface area contributed by atoms with Gasteiger partial charge in [0.2, 0.25) is 23.5 Å². The molecule has 2 unspecified atom stereocenters. The van der Waals surface area contributed by atoms with Crippen LogP contribution in [0.3, 0.4) is 0 Å². The van der Waals surface area contributed by atoms with Crippen molar-refractivity contribution < 1.29 is 9.59 Å². The van der Waals surface area contributed by atoms with E-state index >= 15 is 0 Å². The van der Waals surface area contributed by atoms with Gasteiger partial charge in [-0.15, -0.1) is 0 Å². The first-order valence-corrected chi connectivity index (χ1v) is 7.27. The molecule has 2 aromatic rings. The van der Waals surface area contributed by atoms with E-state index in [1.54, 1.807) is 38.1 Å². The molecule has 6 heteroatoms. The maximum Gasteiger partial charge on any atom is 0.237 e. The highest BCUT2D eigenvalue weighted by molar-refractivity contribution is 5.38. The lowest BCUT2D eigenvalue weighted by Gasteiger charge is -2.22. The minimum atomic E-state index is -1.25. The third kappa shape index (κ3) is 3.76. The van der Waals surface area contributed by atoms with Crippen LogP contribution >= 0.6 is 0 Å². The van der Waals surface area contributed by atoms with Crippen molar-refractivity contribution in [2.45, 2.75) is 25.2 Å². The third-order valence-electron chi connectivity index (χ3n) is 3.61. The molecule has 0 fully saturated rings. The summed E-state index contributed by atoms with van der Waals surface area (Å²) in [7, 11) is 0. The smallest absolute Gasteiger partial charge is 0.211 e. The van der Waals surface area contributed by atoms with Crippen molar-refractivity contribution in [3.05, 3.63) is 71.8 Å². The SMILES string of the molecule is CC(N=C=O)(N=NC(C)(N=C=O)c1ccccc1)c1ccccc1. The molecular formula is C18H16N4O2. The van der Waals surface area contributed by atoms with E-state index in [-0.39, 0.29) is 0 Å². The molecule has 0 aromatic heterocycles. The predicted octanol–water partition coefficient (Wildman–Crippen LogP) is 3.86. The molecule has 6 nitrogen and oxygen atoms in total. The lowest BCUT2D eigenvalue weighted by Crippen LogP contribution is -2.20. The largest absolute Gasteiger partial charge is 0.237 e. The fraction of sp³-hybridized carbons (Fsp3) is 0.222. The summed E-state index contributed by atoms with van der Waals surface area (Å²) in [6, 6.07) is 18.0. The van der Waals surface area contributed by atoms with Gasteiger partial charge in [-0.05, 0) is 13.8 Å². The molecule has 2 atom stereocenters. The van der Waals surface area contributed by atoms with Gasteiger partial charge in [-0.25, -0.2) is 9.59 Å². The minimum Gasteiger partial charge on any atom is -0.211 e. The summed E-state index contributed by atoms with van der Waals surface area (Å²) < 4.78 is 0. The van der Waals surface area contributed by atoms with Crippen LogP contribution in [0.2, 0.25) is 0 Å². The number of rotatable bonds is 6. The van der Waals surface area contributed by atoms with Crippen LogP contribution in [0, 0.1) is 0 Å². The van der Waals surface area contributed by atoms with Crippen molar-refractivity contribution in [1.82, 2.24) is 0 Å². The minimum absolute atomic E-state index is 0.669. The van der Waals surface area contributed by atoms with Crippen LogP contribution in [0.15, 0.2) is 80.9 Å². The summed E-state index contributed by atoms with van der Waals surface area (Å²) in [6.07, 6.45) is 3.06. The molecule has 0 aliphatic heterocycles. The average Bonchev–Trinajstić information content (AvgIpc) is 2.62. The molecule has 120 valence electrons. The van der Waals surface area contributed by atoms with E-state index in [4.69, 9.17) is 0 Å². The van der Waals surface area contributed by atoms with Gasteiger partial charge in [0, 0.05) is 11.1 Å². The molecular weight excluding hydrogens is 304 g/mol. The van der Waals surface area contributed by atoms with Crippen molar-refractivity contribution in [3.8, 4) is 0 Å². The Bertz CT molecular complexity index is 740. The molecule has 0 saturated carbocycles. The van der Waals surface area contributed by atoms with Crippen molar-refractivity contribution >= 4 is 12.2 Å². The number of benzene rings is 2. The van der Waals surface area contributed by atoms with Crippen LogP contribution < -0.4 is 0 Å². The Morgan fingerprint density at radius 1 is 0.667 bits per heavy atom. The Hall–Kier alpha value is -3.20. The zero-order chi connectivity index (χ0) is 17.5.